The molecule has 584 valence electrons. The first kappa shape index (κ1) is 80.2. The monoisotopic (exact) mass is 1510 g/mol. The summed E-state index contributed by atoms with van der Waals surface area (Å²) >= 11 is 0. The number of aryl methyl sites for hydroxylation is 3. The maximum Gasteiger partial charge on any atom is 0.227 e. The highest BCUT2D eigenvalue weighted by Crippen LogP contribution is 2.36. The number of aliphatic hydroxyl groups excluding tert-OH is 1. The lowest BCUT2D eigenvalue weighted by Gasteiger charge is -2.34. The summed E-state index contributed by atoms with van der Waals surface area (Å²) in [6, 6.07) is 56.8. The first-order valence-electron chi connectivity index (χ1n) is 38.7. The van der Waals surface area contributed by atoms with Crippen LogP contribution in [-0.2, 0) is 13.1 Å². The van der Waals surface area contributed by atoms with Crippen LogP contribution in [0.3, 0.4) is 0 Å². The largest absolute Gasteiger partial charge is 0.395 e. The molecule has 0 atom stereocenters. The van der Waals surface area contributed by atoms with Gasteiger partial charge >= 0.3 is 0 Å². The normalized spacial score (nSPS) is 14.2. The molecular weight excluding hydrogens is 1400 g/mol. The number of hydrogen-bond acceptors (Lipinski definition) is 22. The Morgan fingerprint density at radius 3 is 1.17 bits per heavy atom. The molecule has 6 aromatic heterocycles. The van der Waals surface area contributed by atoms with Crippen molar-refractivity contribution in [3.63, 3.8) is 0 Å². The van der Waals surface area contributed by atoms with Gasteiger partial charge in [0, 0.05) is 190 Å². The zero-order chi connectivity index (χ0) is 78.5. The van der Waals surface area contributed by atoms with Crippen molar-refractivity contribution in [2.24, 2.45) is 0 Å². The maximum absolute atomic E-state index is 8.20. The standard InChI is InChI=1S/2C29H36N8.C25H27N7.C4H11NO/c1-22-5-7-23(8-6-22)28-26(21-37(33-28)20-15-34(2)3)27-13-14-30-29(32-27)31-24-9-11-25(12-10-24)36-18-16-35(4)17-19-36;1-22-5-7-23(8-6-22)28-26(21-31-37(28)20-15-34(2)3)27-13-14-30-29(33-27)32-24-9-11-25(12-10-24)36-18-16-35(4)17-19-36;1-18-3-5-19(6-4-18)24-22(17-27-30-24)23-11-12-26-25(29-23)28-20-7-9-21(10-8-20)32-15-13-31(2)14-16-32;1-5(2)3-4-6/h5-14,21H,15-20H2,1-4H3,(H,30,31,32);5-14,21H,15-20H2,1-4H3,(H,30,32,33);3-12,17H,13-16H2,1-2H3,(H,27,30)(H,26,28,29);6H,3-4H2,1-2H3. The molecule has 3 saturated heterocycles. The van der Waals surface area contributed by atoms with Crippen LogP contribution in [0.25, 0.3) is 67.5 Å². The molecule has 112 heavy (non-hydrogen) atoms. The minimum Gasteiger partial charge on any atom is -0.395 e. The molecule has 0 aliphatic carbocycles. The molecule has 12 aromatic rings. The van der Waals surface area contributed by atoms with Crippen molar-refractivity contribution in [1.29, 1.82) is 0 Å². The van der Waals surface area contributed by atoms with Crippen LogP contribution in [0.2, 0.25) is 0 Å². The molecule has 5 N–H and O–H groups in total. The van der Waals surface area contributed by atoms with E-state index in [1.807, 2.05) is 54.3 Å². The van der Waals surface area contributed by atoms with E-state index in [0.717, 1.165) is 196 Å². The van der Waals surface area contributed by atoms with Crippen LogP contribution in [0.1, 0.15) is 16.7 Å². The lowest BCUT2D eigenvalue weighted by Crippen LogP contribution is -2.44. The van der Waals surface area contributed by atoms with E-state index in [9.17, 15) is 0 Å². The van der Waals surface area contributed by atoms with Crippen molar-refractivity contribution in [3.05, 3.63) is 218 Å². The summed E-state index contributed by atoms with van der Waals surface area (Å²) in [6.45, 7) is 23.6. The number of hydrogen-bond donors (Lipinski definition) is 5. The molecule has 0 saturated carbocycles. The van der Waals surface area contributed by atoms with Gasteiger partial charge in [0.2, 0.25) is 17.8 Å². The summed E-state index contributed by atoms with van der Waals surface area (Å²) in [5.41, 5.74) is 22.0. The Hall–Kier alpha value is -11.3. The number of anilines is 9. The minimum absolute atomic E-state index is 0.257. The van der Waals surface area contributed by atoms with E-state index in [4.69, 9.17) is 30.3 Å². The van der Waals surface area contributed by atoms with Crippen LogP contribution in [0, 0.1) is 20.8 Å². The van der Waals surface area contributed by atoms with Gasteiger partial charge in [0.05, 0.1) is 60.6 Å². The summed E-state index contributed by atoms with van der Waals surface area (Å²) < 4.78 is 4.09. The topological polar surface area (TPSA) is 227 Å². The van der Waals surface area contributed by atoms with Crippen molar-refractivity contribution in [1.82, 2.24) is 89.1 Å². The van der Waals surface area contributed by atoms with Crippen LogP contribution < -0.4 is 30.7 Å². The Bertz CT molecular complexity index is 4730. The third-order valence-electron chi connectivity index (χ3n) is 20.1. The van der Waals surface area contributed by atoms with E-state index < -0.39 is 0 Å². The van der Waals surface area contributed by atoms with Crippen molar-refractivity contribution in [2.75, 3.05) is 199 Å². The third-order valence-corrected chi connectivity index (χ3v) is 20.1. The number of aromatic nitrogens is 12. The van der Waals surface area contributed by atoms with Gasteiger partial charge in [-0.3, -0.25) is 14.5 Å². The number of H-pyrrole nitrogens is 1. The van der Waals surface area contributed by atoms with E-state index >= 15 is 0 Å². The van der Waals surface area contributed by atoms with Crippen LogP contribution in [0.15, 0.2) is 201 Å². The molecule has 0 spiro atoms. The maximum atomic E-state index is 8.20. The molecule has 0 radical (unpaired) electrons. The van der Waals surface area contributed by atoms with Crippen LogP contribution in [0.4, 0.5) is 52.0 Å². The predicted octanol–water partition coefficient (Wildman–Crippen LogP) is 12.6. The van der Waals surface area contributed by atoms with Gasteiger partial charge in [-0.1, -0.05) is 89.5 Å². The average molecular weight is 1510 g/mol. The molecule has 9 heterocycles. The predicted molar refractivity (Wildman–Crippen MR) is 458 cm³/mol. The number of aliphatic hydroxyl groups is 1. The molecule has 25 nitrogen and oxygen atoms in total. The second kappa shape index (κ2) is 39.1. The quantitative estimate of drug-likeness (QED) is 0.0401. The van der Waals surface area contributed by atoms with Gasteiger partial charge in [-0.15, -0.1) is 0 Å². The average Bonchev–Trinajstić information content (AvgIpc) is 1.62. The van der Waals surface area contributed by atoms with Gasteiger partial charge in [-0.05, 0) is 175 Å². The van der Waals surface area contributed by atoms with E-state index in [1.165, 1.54) is 33.8 Å². The smallest absolute Gasteiger partial charge is 0.227 e. The minimum atomic E-state index is 0.257. The number of nitrogens with one attached hydrogen (secondary N) is 4. The Kier molecular flexibility index (Phi) is 28.0. The van der Waals surface area contributed by atoms with Gasteiger partial charge in [0.25, 0.3) is 0 Å². The van der Waals surface area contributed by atoms with Gasteiger partial charge in [-0.25, -0.2) is 29.9 Å². The lowest BCUT2D eigenvalue weighted by atomic mass is 10.0. The van der Waals surface area contributed by atoms with Crippen LogP contribution >= 0.6 is 0 Å². The second-order valence-corrected chi connectivity index (χ2v) is 29.9. The van der Waals surface area contributed by atoms with E-state index in [0.29, 0.717) is 17.8 Å². The van der Waals surface area contributed by atoms with Crippen molar-refractivity contribution in [3.8, 4) is 67.5 Å². The zero-order valence-corrected chi connectivity index (χ0v) is 67.2. The number of likely N-dealkylation sites (N-methyl/N-ethyl adjacent to an activating group) is 6. The lowest BCUT2D eigenvalue weighted by molar-refractivity contribution is 0.243. The molecule has 6 aromatic carbocycles. The Morgan fingerprint density at radius 2 is 0.777 bits per heavy atom. The summed E-state index contributed by atoms with van der Waals surface area (Å²) in [5, 5.41) is 35.3. The Labute approximate surface area is 660 Å². The molecule has 0 amide bonds. The van der Waals surface area contributed by atoms with Crippen molar-refractivity contribution < 1.29 is 5.11 Å². The molecule has 0 unspecified atom stereocenters. The van der Waals surface area contributed by atoms with Gasteiger partial charge in [0.1, 0.15) is 5.69 Å². The van der Waals surface area contributed by atoms with Gasteiger partial charge in [0.15, 0.2) is 0 Å². The molecule has 25 heteroatoms. The molecular formula is C87H110N24O. The first-order chi connectivity index (χ1) is 54.3. The number of benzene rings is 6. The summed E-state index contributed by atoms with van der Waals surface area (Å²) in [6.07, 6.45) is 11.2. The van der Waals surface area contributed by atoms with Crippen molar-refractivity contribution in [2.45, 2.75) is 33.9 Å². The van der Waals surface area contributed by atoms with E-state index in [2.05, 4.69) is 307 Å². The van der Waals surface area contributed by atoms with Crippen LogP contribution in [0.5, 0.6) is 0 Å². The number of piperazine rings is 3. The van der Waals surface area contributed by atoms with Gasteiger partial charge in [-0.2, -0.15) is 15.3 Å². The fourth-order valence-electron chi connectivity index (χ4n) is 13.2. The number of nitrogens with zero attached hydrogens (tertiary/aromatic N) is 20. The second-order valence-electron chi connectivity index (χ2n) is 29.9. The third kappa shape index (κ3) is 22.5. The van der Waals surface area contributed by atoms with Gasteiger partial charge < -0.3 is 65.2 Å². The number of aromatic amines is 1. The fraction of sp³-hybridized carbons (Fsp3) is 0.345. The van der Waals surface area contributed by atoms with Crippen LogP contribution in [-0.4, -0.2) is 262 Å². The molecule has 15 rings (SSSR count). The molecule has 0 bridgehead atoms. The molecule has 3 fully saturated rings. The highest BCUT2D eigenvalue weighted by molar-refractivity contribution is 5.82. The highest BCUT2D eigenvalue weighted by Gasteiger charge is 2.22. The fourth-order valence-corrected chi connectivity index (χ4v) is 13.2. The Balaban J connectivity index is 0.000000150. The van der Waals surface area contributed by atoms with E-state index in [-0.39, 0.29) is 6.61 Å². The van der Waals surface area contributed by atoms with Crippen molar-refractivity contribution >= 4 is 52.0 Å². The summed E-state index contributed by atoms with van der Waals surface area (Å²) in [5.74, 6) is 1.70. The zero-order valence-electron chi connectivity index (χ0n) is 67.2. The Morgan fingerprint density at radius 1 is 0.402 bits per heavy atom. The molecule has 3 aliphatic rings. The molecule has 3 aliphatic heterocycles. The SMILES string of the molecule is CN(C)CCO.Cc1ccc(-c2[nH]ncc2-c2ccnc(Nc3ccc(N4CCN(C)CC4)cc3)n2)cc1.Cc1ccc(-c2c(-c3ccnc(Nc4ccc(N5CCN(C)CC5)cc4)n3)cnn2CCN(C)C)cc1.Cc1ccc(-c2nn(CCN(C)C)cc2-c2ccnc(Nc3ccc(N4CCN(C)CC4)cc3)n2)cc1. The summed E-state index contributed by atoms with van der Waals surface area (Å²) in [4.78, 5) is 48.5. The first-order valence-corrected chi connectivity index (χ1v) is 38.7. The van der Waals surface area contributed by atoms with E-state index in [1.54, 1.807) is 18.6 Å². The highest BCUT2D eigenvalue weighted by atomic mass is 16.3. The number of rotatable bonds is 23. The summed E-state index contributed by atoms with van der Waals surface area (Å²) in [7, 11) is 18.7.